The molecule has 1 aliphatic rings. The van der Waals surface area contributed by atoms with E-state index >= 15 is 0 Å². The molecule has 38 heavy (non-hydrogen) atoms. The van der Waals surface area contributed by atoms with Crippen LogP contribution in [0, 0.1) is 11.6 Å². The molecule has 3 N–H and O–H groups in total. The van der Waals surface area contributed by atoms with Crippen LogP contribution in [0.1, 0.15) is 32.7 Å². The van der Waals surface area contributed by atoms with E-state index in [9.17, 15) is 23.2 Å². The van der Waals surface area contributed by atoms with Gasteiger partial charge >= 0.3 is 0 Å². The maximum atomic E-state index is 13.5. The number of halogens is 2. The van der Waals surface area contributed by atoms with Crippen molar-refractivity contribution in [3.63, 3.8) is 0 Å². The molecule has 2 amide bonds. The van der Waals surface area contributed by atoms with Gasteiger partial charge in [-0.3, -0.25) is 14.4 Å². The number of nitrogens with zero attached hydrogens (tertiary/aromatic N) is 2. The zero-order valence-corrected chi connectivity index (χ0v) is 19.9. The standard InChI is InChI=1S/C28H21F2N5O3/c29-23-8-6-18(13-24(23)30)16-35-28(38)21(9-12-33-35)26(36)32-11-1-3-17-5-7-20-22(15-19-4-2-10-31-19)27(37)34-25(20)14-17/h1-10,12-15,31H,11,16H2,(H,32,36)(H,34,37)/b3-1+,22-15+. The third-order valence-corrected chi connectivity index (χ3v) is 5.91. The summed E-state index contributed by atoms with van der Waals surface area (Å²) < 4.78 is 27.6. The number of rotatable bonds is 7. The van der Waals surface area contributed by atoms with Crippen LogP contribution in [0.4, 0.5) is 14.5 Å². The summed E-state index contributed by atoms with van der Waals surface area (Å²) in [7, 11) is 0. The van der Waals surface area contributed by atoms with E-state index < -0.39 is 23.1 Å². The highest BCUT2D eigenvalue weighted by Crippen LogP contribution is 2.33. The average molecular weight is 514 g/mol. The molecule has 0 atom stereocenters. The Balaban J connectivity index is 1.22. The van der Waals surface area contributed by atoms with Crippen molar-refractivity contribution in [2.75, 3.05) is 11.9 Å². The van der Waals surface area contributed by atoms with Gasteiger partial charge in [-0.15, -0.1) is 0 Å². The number of anilines is 1. The van der Waals surface area contributed by atoms with Crippen molar-refractivity contribution >= 4 is 35.2 Å². The van der Waals surface area contributed by atoms with Gasteiger partial charge in [0.1, 0.15) is 5.56 Å². The van der Waals surface area contributed by atoms with Gasteiger partial charge in [0.15, 0.2) is 11.6 Å². The number of hydrogen-bond donors (Lipinski definition) is 3. The molecule has 0 aliphatic carbocycles. The number of benzene rings is 2. The number of nitrogens with one attached hydrogen (secondary N) is 3. The van der Waals surface area contributed by atoms with Crippen LogP contribution in [-0.2, 0) is 11.3 Å². The summed E-state index contributed by atoms with van der Waals surface area (Å²) in [4.78, 5) is 40.7. The fraction of sp³-hybridized carbons (Fsp3) is 0.0714. The molecule has 10 heteroatoms. The van der Waals surface area contributed by atoms with Crippen molar-refractivity contribution in [3.05, 3.63) is 123 Å². The van der Waals surface area contributed by atoms with E-state index in [2.05, 4.69) is 20.7 Å². The van der Waals surface area contributed by atoms with Gasteiger partial charge in [-0.2, -0.15) is 5.10 Å². The lowest BCUT2D eigenvalue weighted by atomic mass is 10.0. The van der Waals surface area contributed by atoms with E-state index in [1.54, 1.807) is 24.4 Å². The van der Waals surface area contributed by atoms with E-state index in [4.69, 9.17) is 0 Å². The lowest BCUT2D eigenvalue weighted by molar-refractivity contribution is -0.110. The van der Waals surface area contributed by atoms with Crippen LogP contribution in [-0.4, -0.2) is 33.1 Å². The number of carbonyl (C=O) groups excluding carboxylic acids is 2. The molecule has 1 aliphatic heterocycles. The SMILES string of the molecule is O=C1Nc2cc(/C=C/CNC(=O)c3ccnn(Cc4ccc(F)c(F)c4)c3=O)ccc2/C1=C\c1ccc[nH]1. The molecular weight excluding hydrogens is 492 g/mol. The number of aromatic amines is 1. The number of amides is 2. The molecule has 2 aromatic carbocycles. The molecular formula is C28H21F2N5O3. The lowest BCUT2D eigenvalue weighted by Crippen LogP contribution is -2.34. The Morgan fingerprint density at radius 3 is 2.71 bits per heavy atom. The van der Waals surface area contributed by atoms with E-state index in [1.807, 2.05) is 30.3 Å². The average Bonchev–Trinajstić information content (AvgIpc) is 3.53. The topological polar surface area (TPSA) is 109 Å². The highest BCUT2D eigenvalue weighted by Gasteiger charge is 2.24. The smallest absolute Gasteiger partial charge is 0.279 e. The van der Waals surface area contributed by atoms with Gasteiger partial charge in [0.05, 0.1) is 12.1 Å². The summed E-state index contributed by atoms with van der Waals surface area (Å²) in [6, 6.07) is 13.9. The summed E-state index contributed by atoms with van der Waals surface area (Å²) >= 11 is 0. The molecule has 3 heterocycles. The van der Waals surface area contributed by atoms with E-state index in [1.165, 1.54) is 18.3 Å². The largest absolute Gasteiger partial charge is 0.362 e. The van der Waals surface area contributed by atoms with Gasteiger partial charge in [-0.1, -0.05) is 30.4 Å². The van der Waals surface area contributed by atoms with Crippen LogP contribution in [0.2, 0.25) is 0 Å². The van der Waals surface area contributed by atoms with Crippen molar-refractivity contribution in [2.45, 2.75) is 6.54 Å². The van der Waals surface area contributed by atoms with Crippen LogP contribution >= 0.6 is 0 Å². The van der Waals surface area contributed by atoms with Gasteiger partial charge < -0.3 is 15.6 Å². The Morgan fingerprint density at radius 1 is 1.05 bits per heavy atom. The molecule has 190 valence electrons. The molecule has 0 bridgehead atoms. The molecule has 2 aromatic heterocycles. The molecule has 5 rings (SSSR count). The number of hydrogen-bond acceptors (Lipinski definition) is 4. The van der Waals surface area contributed by atoms with Gasteiger partial charge in [-0.05, 0) is 53.6 Å². The Hall–Kier alpha value is -5.12. The molecule has 0 unspecified atom stereocenters. The second kappa shape index (κ2) is 10.5. The normalized spacial score (nSPS) is 13.6. The number of carbonyl (C=O) groups is 2. The second-order valence-electron chi connectivity index (χ2n) is 8.51. The quantitative estimate of drug-likeness (QED) is 0.326. The van der Waals surface area contributed by atoms with Gasteiger partial charge in [0.25, 0.3) is 17.4 Å². The Bertz CT molecular complexity index is 1660. The maximum absolute atomic E-state index is 13.5. The molecule has 8 nitrogen and oxygen atoms in total. The molecule has 0 radical (unpaired) electrons. The second-order valence-corrected chi connectivity index (χ2v) is 8.51. The third kappa shape index (κ3) is 5.19. The first-order valence-corrected chi connectivity index (χ1v) is 11.6. The third-order valence-electron chi connectivity index (χ3n) is 5.91. The molecule has 0 spiro atoms. The Morgan fingerprint density at radius 2 is 1.92 bits per heavy atom. The van der Waals surface area contributed by atoms with E-state index in [0.717, 1.165) is 33.6 Å². The Labute approximate surface area is 215 Å². The monoisotopic (exact) mass is 513 g/mol. The fourth-order valence-corrected chi connectivity index (χ4v) is 4.04. The Kier molecular flexibility index (Phi) is 6.77. The highest BCUT2D eigenvalue weighted by molar-refractivity contribution is 6.34. The summed E-state index contributed by atoms with van der Waals surface area (Å²) in [5, 5.41) is 9.43. The predicted octanol–water partition coefficient (Wildman–Crippen LogP) is 3.83. The number of fused-ring (bicyclic) bond motifs is 1. The van der Waals surface area contributed by atoms with Crippen LogP contribution in [0.15, 0.2) is 77.9 Å². The highest BCUT2D eigenvalue weighted by atomic mass is 19.2. The van der Waals surface area contributed by atoms with Gasteiger partial charge in [0.2, 0.25) is 0 Å². The van der Waals surface area contributed by atoms with Crippen molar-refractivity contribution in [1.82, 2.24) is 20.1 Å². The predicted molar refractivity (Wildman–Crippen MR) is 139 cm³/mol. The van der Waals surface area contributed by atoms with Crippen molar-refractivity contribution in [1.29, 1.82) is 0 Å². The first-order valence-electron chi connectivity index (χ1n) is 11.6. The summed E-state index contributed by atoms with van der Waals surface area (Å²) in [5.74, 6) is -2.80. The van der Waals surface area contributed by atoms with Gasteiger partial charge in [-0.25, -0.2) is 13.5 Å². The maximum Gasteiger partial charge on any atom is 0.279 e. The first-order chi connectivity index (χ1) is 18.4. The number of aromatic nitrogens is 3. The number of H-pyrrole nitrogens is 1. The fourth-order valence-electron chi connectivity index (χ4n) is 4.04. The zero-order chi connectivity index (χ0) is 26.6. The van der Waals surface area contributed by atoms with Crippen molar-refractivity contribution in [3.8, 4) is 0 Å². The zero-order valence-electron chi connectivity index (χ0n) is 19.9. The molecule has 0 fully saturated rings. The molecule has 0 saturated carbocycles. The minimum atomic E-state index is -1.03. The van der Waals surface area contributed by atoms with Crippen molar-refractivity contribution < 1.29 is 18.4 Å². The van der Waals surface area contributed by atoms with Crippen LogP contribution in [0.5, 0.6) is 0 Å². The summed E-state index contributed by atoms with van der Waals surface area (Å²) in [5.41, 5.74) is 3.25. The minimum absolute atomic E-state index is 0.117. The summed E-state index contributed by atoms with van der Waals surface area (Å²) in [6.07, 6.45) is 8.37. The molecule has 0 saturated heterocycles. The van der Waals surface area contributed by atoms with Crippen molar-refractivity contribution in [2.24, 2.45) is 0 Å². The van der Waals surface area contributed by atoms with Gasteiger partial charge in [0, 0.05) is 35.9 Å². The van der Waals surface area contributed by atoms with E-state index in [-0.39, 0.29) is 24.6 Å². The molecule has 4 aromatic rings. The van der Waals surface area contributed by atoms with Crippen LogP contribution < -0.4 is 16.2 Å². The lowest BCUT2D eigenvalue weighted by Gasteiger charge is -2.07. The summed E-state index contributed by atoms with van der Waals surface area (Å²) in [6.45, 7) is 0.0268. The van der Waals surface area contributed by atoms with Crippen LogP contribution in [0.3, 0.4) is 0 Å². The first kappa shape index (κ1) is 24.6. The van der Waals surface area contributed by atoms with E-state index in [0.29, 0.717) is 16.8 Å². The van der Waals surface area contributed by atoms with Crippen LogP contribution in [0.25, 0.3) is 17.7 Å². The minimum Gasteiger partial charge on any atom is -0.362 e.